The highest BCUT2D eigenvalue weighted by Crippen LogP contribution is 2.25. The zero-order valence-corrected chi connectivity index (χ0v) is 21.6. The first-order chi connectivity index (χ1) is 16.8. The van der Waals surface area contributed by atoms with Crippen LogP contribution in [-0.2, 0) is 14.9 Å². The maximum Gasteiger partial charge on any atom is 0.320 e. The molecule has 2 aromatic rings. The molecule has 0 atom stereocenters. The fourth-order valence-corrected chi connectivity index (χ4v) is 4.27. The van der Waals surface area contributed by atoms with Crippen molar-refractivity contribution < 1.29 is 22.4 Å². The number of thioether (sulfide) groups is 1. The highest BCUT2D eigenvalue weighted by Gasteiger charge is 2.17. The number of anilines is 2. The van der Waals surface area contributed by atoms with Crippen molar-refractivity contribution in [1.82, 2.24) is 14.9 Å². The predicted octanol–water partition coefficient (Wildman–Crippen LogP) is 1.96. The minimum Gasteiger partial charge on any atom is -0.462 e. The molecule has 192 valence electrons. The first kappa shape index (κ1) is 27.1. The number of nitrogens with one attached hydrogen (secondary N) is 1. The molecule has 4 rings (SSSR count). The molecule has 0 radical (unpaired) electrons. The minimum atomic E-state index is -3.67. The molecule has 2 fully saturated rings. The molecule has 11 nitrogen and oxygen atoms in total. The molecular formula is C22H32N6O5S2. The summed E-state index contributed by atoms with van der Waals surface area (Å²) in [5.41, 5.74) is 5.27. The van der Waals surface area contributed by atoms with Crippen LogP contribution in [0.5, 0.6) is 6.01 Å². The van der Waals surface area contributed by atoms with Gasteiger partial charge in [-0.25, -0.2) is 0 Å². The number of nitrogens with zero attached hydrogens (tertiary/aromatic N) is 5. The fourth-order valence-electron chi connectivity index (χ4n) is 3.31. The third kappa shape index (κ3) is 10.8. The lowest BCUT2D eigenvalue weighted by molar-refractivity contribution is 0.0317. The Morgan fingerprint density at radius 1 is 1.26 bits per heavy atom. The predicted molar refractivity (Wildman–Crippen MR) is 139 cm³/mol. The Morgan fingerprint density at radius 2 is 2.03 bits per heavy atom. The molecular weight excluding hydrogens is 492 g/mol. The summed E-state index contributed by atoms with van der Waals surface area (Å²) in [5, 5.41) is 4.35. The van der Waals surface area contributed by atoms with E-state index in [1.165, 1.54) is 5.56 Å². The standard InChI is InChI=1S/C21H28N6O2S.CH4O3S/c1-17-3-2-4-18(13-17)15-22-25-19-14-20(27-8-12-30-16-27)24-21(23-19)29-11-7-26-5-9-28-10-6-26;1-5(2,3)4/h2-4,13-15H,5-12,16H2,1H3,(H,23,24,25);1H3,(H,2,3,4)/b22-15+;. The zero-order valence-electron chi connectivity index (χ0n) is 20.0. The normalized spacial score (nSPS) is 16.7. The van der Waals surface area contributed by atoms with Gasteiger partial charge < -0.3 is 14.4 Å². The van der Waals surface area contributed by atoms with Crippen LogP contribution in [0.2, 0.25) is 0 Å². The van der Waals surface area contributed by atoms with Crippen molar-refractivity contribution in [3.63, 3.8) is 0 Å². The molecule has 0 unspecified atom stereocenters. The van der Waals surface area contributed by atoms with Gasteiger partial charge in [0, 0.05) is 38.0 Å². The van der Waals surface area contributed by atoms with E-state index in [4.69, 9.17) is 14.0 Å². The molecule has 2 N–H and O–H groups in total. The molecule has 13 heteroatoms. The van der Waals surface area contributed by atoms with Crippen molar-refractivity contribution >= 4 is 39.7 Å². The van der Waals surface area contributed by atoms with Crippen LogP contribution >= 0.6 is 11.8 Å². The van der Waals surface area contributed by atoms with Crippen LogP contribution in [0.1, 0.15) is 11.1 Å². The van der Waals surface area contributed by atoms with Gasteiger partial charge in [-0.3, -0.25) is 14.9 Å². The summed E-state index contributed by atoms with van der Waals surface area (Å²) in [4.78, 5) is 13.7. The van der Waals surface area contributed by atoms with Gasteiger partial charge in [-0.05, 0) is 12.5 Å². The molecule has 35 heavy (non-hydrogen) atoms. The van der Waals surface area contributed by atoms with Crippen LogP contribution in [0.25, 0.3) is 0 Å². The maximum atomic E-state index is 9.19. The first-order valence-electron chi connectivity index (χ1n) is 11.2. The molecule has 0 aliphatic carbocycles. The van der Waals surface area contributed by atoms with Crippen molar-refractivity contribution in [2.24, 2.45) is 5.10 Å². The molecule has 3 heterocycles. The van der Waals surface area contributed by atoms with E-state index in [1.807, 2.05) is 30.0 Å². The number of hydrogen-bond acceptors (Lipinski definition) is 11. The average molecular weight is 525 g/mol. The lowest BCUT2D eigenvalue weighted by atomic mass is 10.2. The quantitative estimate of drug-likeness (QED) is 0.299. The highest BCUT2D eigenvalue weighted by molar-refractivity contribution is 7.99. The van der Waals surface area contributed by atoms with E-state index in [1.54, 1.807) is 6.21 Å². The number of hydrazone groups is 1. The molecule has 2 aliphatic heterocycles. The second-order valence-electron chi connectivity index (χ2n) is 8.01. The van der Waals surface area contributed by atoms with Crippen molar-refractivity contribution in [1.29, 1.82) is 0 Å². The van der Waals surface area contributed by atoms with E-state index in [0.29, 0.717) is 24.7 Å². The highest BCUT2D eigenvalue weighted by atomic mass is 32.2. The van der Waals surface area contributed by atoms with Crippen LogP contribution < -0.4 is 15.1 Å². The number of hydrogen-bond donors (Lipinski definition) is 2. The van der Waals surface area contributed by atoms with Crippen LogP contribution in [0.15, 0.2) is 35.4 Å². The summed E-state index contributed by atoms with van der Waals surface area (Å²) >= 11 is 1.90. The van der Waals surface area contributed by atoms with E-state index < -0.39 is 10.1 Å². The number of benzene rings is 1. The second-order valence-corrected chi connectivity index (χ2v) is 10.6. The van der Waals surface area contributed by atoms with E-state index in [0.717, 1.165) is 62.4 Å². The Balaban J connectivity index is 0.000000623. The SMILES string of the molecule is CS(=O)(=O)O.Cc1cccc(/C=N/Nc2cc(N3CCSC3)nc(OCCN3CCOCC3)n2)c1. The maximum absolute atomic E-state index is 9.19. The molecule has 2 aliphatic rings. The molecule has 0 saturated carbocycles. The van der Waals surface area contributed by atoms with Gasteiger partial charge in [0.05, 0.1) is 31.6 Å². The number of aryl methyl sites for hydroxylation is 1. The molecule has 1 aromatic heterocycles. The molecule has 0 spiro atoms. The van der Waals surface area contributed by atoms with Crippen molar-refractivity contribution in [2.75, 3.05) is 74.2 Å². The summed E-state index contributed by atoms with van der Waals surface area (Å²) in [6, 6.07) is 10.5. The smallest absolute Gasteiger partial charge is 0.320 e. The van der Waals surface area contributed by atoms with E-state index in [9.17, 15) is 8.42 Å². The Labute approximate surface area is 210 Å². The first-order valence-corrected chi connectivity index (χ1v) is 14.2. The number of rotatable bonds is 8. The topological polar surface area (TPSA) is 129 Å². The second kappa shape index (κ2) is 13.6. The summed E-state index contributed by atoms with van der Waals surface area (Å²) in [6.45, 7) is 7.87. The zero-order chi connectivity index (χ0) is 25.1. The van der Waals surface area contributed by atoms with E-state index in [-0.39, 0.29) is 0 Å². The van der Waals surface area contributed by atoms with Gasteiger partial charge >= 0.3 is 6.01 Å². The lowest BCUT2D eigenvalue weighted by Crippen LogP contribution is -2.38. The van der Waals surface area contributed by atoms with Gasteiger partial charge in [0.2, 0.25) is 0 Å². The molecule has 2 saturated heterocycles. The van der Waals surface area contributed by atoms with Crippen molar-refractivity contribution in [3.8, 4) is 6.01 Å². The van der Waals surface area contributed by atoms with Crippen molar-refractivity contribution in [3.05, 3.63) is 41.5 Å². The number of aromatic nitrogens is 2. The van der Waals surface area contributed by atoms with Crippen molar-refractivity contribution in [2.45, 2.75) is 6.92 Å². The molecule has 0 bridgehead atoms. The van der Waals surface area contributed by atoms with E-state index >= 15 is 0 Å². The Hall–Kier alpha value is -2.45. The summed E-state index contributed by atoms with van der Waals surface area (Å²) in [5.74, 6) is 3.52. The minimum absolute atomic E-state index is 0.380. The summed E-state index contributed by atoms with van der Waals surface area (Å²) < 4.78 is 37.2. The van der Waals surface area contributed by atoms with Gasteiger partial charge in [0.25, 0.3) is 10.1 Å². The van der Waals surface area contributed by atoms with Gasteiger partial charge in [0.1, 0.15) is 12.4 Å². The Morgan fingerprint density at radius 3 is 2.71 bits per heavy atom. The lowest BCUT2D eigenvalue weighted by Gasteiger charge is -2.26. The fraction of sp³-hybridized carbons (Fsp3) is 0.500. The van der Waals surface area contributed by atoms with Crippen LogP contribution in [0.4, 0.5) is 11.6 Å². The van der Waals surface area contributed by atoms with E-state index in [2.05, 4.69) is 49.4 Å². The van der Waals surface area contributed by atoms with Gasteiger partial charge in [0.15, 0.2) is 5.82 Å². The molecule has 0 amide bonds. The van der Waals surface area contributed by atoms with Gasteiger partial charge in [-0.2, -0.15) is 23.5 Å². The van der Waals surface area contributed by atoms with Gasteiger partial charge in [-0.1, -0.05) is 29.8 Å². The average Bonchev–Trinajstić information content (AvgIpc) is 3.34. The Kier molecular flexibility index (Phi) is 10.5. The number of morpholine rings is 1. The summed E-state index contributed by atoms with van der Waals surface area (Å²) in [6.07, 6.45) is 2.51. The third-order valence-corrected chi connectivity index (χ3v) is 5.91. The summed E-state index contributed by atoms with van der Waals surface area (Å²) in [7, 11) is -3.67. The third-order valence-electron chi connectivity index (χ3n) is 4.95. The number of ether oxygens (including phenoxy) is 2. The molecule has 1 aromatic carbocycles. The Bertz CT molecular complexity index is 1070. The van der Waals surface area contributed by atoms with Crippen LogP contribution in [0, 0.1) is 6.92 Å². The monoisotopic (exact) mass is 524 g/mol. The van der Waals surface area contributed by atoms with Crippen LogP contribution in [-0.4, -0.2) is 97.9 Å². The van der Waals surface area contributed by atoms with Crippen LogP contribution in [0.3, 0.4) is 0 Å². The largest absolute Gasteiger partial charge is 0.462 e. The van der Waals surface area contributed by atoms with Gasteiger partial charge in [-0.15, -0.1) is 11.8 Å².